The second-order valence-electron chi connectivity index (χ2n) is 7.04. The highest BCUT2D eigenvalue weighted by molar-refractivity contribution is 5.58. The van der Waals surface area contributed by atoms with E-state index in [1.807, 2.05) is 12.1 Å². The third kappa shape index (κ3) is 3.82. The fourth-order valence-electron chi connectivity index (χ4n) is 3.84. The summed E-state index contributed by atoms with van der Waals surface area (Å²) in [5, 5.41) is 11.2. The van der Waals surface area contributed by atoms with Crippen molar-refractivity contribution in [3.8, 4) is 0 Å². The molecule has 0 unspecified atom stereocenters. The van der Waals surface area contributed by atoms with Gasteiger partial charge in [-0.25, -0.2) is 4.98 Å². The molecular weight excluding hydrogens is 346 g/mol. The number of hydrogen-bond acceptors (Lipinski definition) is 8. The van der Waals surface area contributed by atoms with Crippen LogP contribution in [0.5, 0.6) is 0 Å². The highest BCUT2D eigenvalue weighted by Crippen LogP contribution is 2.37. The van der Waals surface area contributed by atoms with E-state index in [1.54, 1.807) is 19.3 Å². The lowest BCUT2D eigenvalue weighted by Crippen LogP contribution is -2.55. The minimum Gasteiger partial charge on any atom is -0.378 e. The van der Waals surface area contributed by atoms with Gasteiger partial charge in [0.05, 0.1) is 10.5 Å². The molecule has 0 spiro atoms. The molecule has 0 aliphatic heterocycles. The summed E-state index contributed by atoms with van der Waals surface area (Å²) in [5.41, 5.74) is 12.8. The lowest BCUT2D eigenvalue weighted by Gasteiger charge is -2.46. The Morgan fingerprint density at radius 3 is 2.59 bits per heavy atom. The highest BCUT2D eigenvalue weighted by atomic mass is 16.6. The Labute approximate surface area is 158 Å². The molecule has 0 aromatic carbocycles. The largest absolute Gasteiger partial charge is 0.378 e. The molecule has 3 rings (SSSR count). The number of nitrogen functional groups attached to an aromatic ring is 1. The normalized spacial score (nSPS) is 16.1. The Kier molecular flexibility index (Phi) is 5.50. The number of anilines is 2. The van der Waals surface area contributed by atoms with Crippen molar-refractivity contribution in [3.63, 3.8) is 0 Å². The first-order chi connectivity index (χ1) is 13.0. The first kappa shape index (κ1) is 19.0. The fourth-order valence-corrected chi connectivity index (χ4v) is 3.84. The van der Waals surface area contributed by atoms with Gasteiger partial charge in [0.1, 0.15) is 5.69 Å². The average molecular weight is 371 g/mol. The van der Waals surface area contributed by atoms with Gasteiger partial charge in [-0.1, -0.05) is 25.3 Å². The minimum atomic E-state index is -0.542. The van der Waals surface area contributed by atoms with Gasteiger partial charge in [-0.3, -0.25) is 15.1 Å². The number of nitrogens with two attached hydrogens (primary N) is 2. The first-order valence-electron chi connectivity index (χ1n) is 9.12. The molecule has 4 N–H and O–H groups in total. The predicted octanol–water partition coefficient (Wildman–Crippen LogP) is 2.34. The smallest absolute Gasteiger partial charge is 0.332 e. The Balaban J connectivity index is 2.08. The van der Waals surface area contributed by atoms with Gasteiger partial charge in [-0.2, -0.15) is 4.98 Å². The van der Waals surface area contributed by atoms with Crippen LogP contribution in [0.1, 0.15) is 43.4 Å². The number of hydrogen-bond donors (Lipinski definition) is 2. The van der Waals surface area contributed by atoms with Crippen molar-refractivity contribution in [2.24, 2.45) is 5.73 Å². The maximum Gasteiger partial charge on any atom is 0.332 e. The van der Waals surface area contributed by atoms with Gasteiger partial charge < -0.3 is 16.4 Å². The van der Waals surface area contributed by atoms with E-state index in [9.17, 15) is 10.1 Å². The summed E-state index contributed by atoms with van der Waals surface area (Å²) in [7, 11) is 0. The van der Waals surface area contributed by atoms with Gasteiger partial charge in [0.2, 0.25) is 11.8 Å². The van der Waals surface area contributed by atoms with Gasteiger partial charge >= 0.3 is 5.69 Å². The Morgan fingerprint density at radius 2 is 2.04 bits per heavy atom. The molecule has 1 aliphatic carbocycles. The summed E-state index contributed by atoms with van der Waals surface area (Å²) >= 11 is 0. The molecule has 144 valence electrons. The predicted molar refractivity (Wildman–Crippen MR) is 103 cm³/mol. The number of pyridine rings is 1. The van der Waals surface area contributed by atoms with E-state index < -0.39 is 4.92 Å². The molecule has 2 aromatic heterocycles. The van der Waals surface area contributed by atoms with Crippen LogP contribution in [0.15, 0.2) is 24.5 Å². The van der Waals surface area contributed by atoms with Crippen LogP contribution in [-0.4, -0.2) is 32.0 Å². The van der Waals surface area contributed by atoms with Crippen molar-refractivity contribution in [2.75, 3.05) is 17.2 Å². The van der Waals surface area contributed by atoms with E-state index in [0.717, 1.165) is 31.2 Å². The van der Waals surface area contributed by atoms with Crippen molar-refractivity contribution in [1.82, 2.24) is 15.0 Å². The van der Waals surface area contributed by atoms with Crippen molar-refractivity contribution >= 4 is 17.5 Å². The second-order valence-corrected chi connectivity index (χ2v) is 7.04. The van der Waals surface area contributed by atoms with E-state index in [-0.39, 0.29) is 22.7 Å². The van der Waals surface area contributed by atoms with Crippen LogP contribution in [0.25, 0.3) is 0 Å². The maximum absolute atomic E-state index is 11.2. The zero-order valence-electron chi connectivity index (χ0n) is 15.5. The van der Waals surface area contributed by atoms with Crippen LogP contribution in [0.3, 0.4) is 0 Å². The molecule has 1 fully saturated rings. The zero-order valence-corrected chi connectivity index (χ0v) is 15.5. The molecule has 0 saturated heterocycles. The van der Waals surface area contributed by atoms with E-state index in [1.165, 1.54) is 6.42 Å². The van der Waals surface area contributed by atoms with E-state index in [0.29, 0.717) is 19.0 Å². The molecule has 9 nitrogen and oxygen atoms in total. The Bertz CT molecular complexity index is 784. The summed E-state index contributed by atoms with van der Waals surface area (Å²) in [4.78, 5) is 25.7. The lowest BCUT2D eigenvalue weighted by molar-refractivity contribution is -0.385. The van der Waals surface area contributed by atoms with Gasteiger partial charge in [0.25, 0.3) is 0 Å². The number of nitrogens with zero attached hydrogens (tertiary/aromatic N) is 5. The highest BCUT2D eigenvalue weighted by Gasteiger charge is 2.39. The number of rotatable bonds is 6. The topological polar surface area (TPSA) is 137 Å². The standard InChI is InChI=1S/C18H25N7O2/c1-13-15(25(26)27)16(20)23-17(22-13)24(11-14-6-5-9-21-10-14)18(12-19)7-3-2-4-8-18/h5-6,9-10H,2-4,7-8,11-12,19H2,1H3,(H2,20,22,23). The molecular formula is C18H25N7O2. The molecule has 0 atom stereocenters. The molecule has 0 bridgehead atoms. The van der Waals surface area contributed by atoms with E-state index >= 15 is 0 Å². The Hall–Kier alpha value is -2.81. The summed E-state index contributed by atoms with van der Waals surface area (Å²) in [6.45, 7) is 2.55. The molecule has 0 amide bonds. The SMILES string of the molecule is Cc1nc(N(Cc2cccnc2)C2(CN)CCCCC2)nc(N)c1[N+](=O)[O-]. The molecule has 1 saturated carbocycles. The van der Waals surface area contributed by atoms with Crippen molar-refractivity contribution < 1.29 is 4.92 Å². The molecule has 1 aliphatic rings. The molecule has 27 heavy (non-hydrogen) atoms. The lowest BCUT2D eigenvalue weighted by atomic mass is 9.80. The van der Waals surface area contributed by atoms with Crippen molar-refractivity contribution in [1.29, 1.82) is 0 Å². The van der Waals surface area contributed by atoms with Crippen LogP contribution in [-0.2, 0) is 6.54 Å². The van der Waals surface area contributed by atoms with Crippen LogP contribution in [0.2, 0.25) is 0 Å². The first-order valence-corrected chi connectivity index (χ1v) is 9.12. The number of nitro groups is 1. The van der Waals surface area contributed by atoms with Crippen LogP contribution in [0.4, 0.5) is 17.5 Å². The second kappa shape index (κ2) is 7.83. The minimum absolute atomic E-state index is 0.123. The van der Waals surface area contributed by atoms with Crippen LogP contribution in [0, 0.1) is 17.0 Å². The quantitative estimate of drug-likeness (QED) is 0.583. The van der Waals surface area contributed by atoms with Gasteiger partial charge in [0, 0.05) is 25.5 Å². The van der Waals surface area contributed by atoms with E-state index in [4.69, 9.17) is 11.5 Å². The average Bonchev–Trinajstić information content (AvgIpc) is 2.66. The third-order valence-electron chi connectivity index (χ3n) is 5.30. The number of aromatic nitrogens is 3. The summed E-state index contributed by atoms with van der Waals surface area (Å²) in [6, 6.07) is 3.86. The van der Waals surface area contributed by atoms with Crippen LogP contribution >= 0.6 is 0 Å². The third-order valence-corrected chi connectivity index (χ3v) is 5.30. The van der Waals surface area contributed by atoms with Crippen molar-refractivity contribution in [2.45, 2.75) is 51.1 Å². The van der Waals surface area contributed by atoms with Crippen LogP contribution < -0.4 is 16.4 Å². The Morgan fingerprint density at radius 1 is 1.30 bits per heavy atom. The molecule has 2 aromatic rings. The van der Waals surface area contributed by atoms with E-state index in [2.05, 4.69) is 19.9 Å². The summed E-state index contributed by atoms with van der Waals surface area (Å²) in [5.74, 6) is 0.258. The monoisotopic (exact) mass is 371 g/mol. The van der Waals surface area contributed by atoms with Gasteiger partial charge in [-0.05, 0) is 31.4 Å². The maximum atomic E-state index is 11.2. The summed E-state index contributed by atoms with van der Waals surface area (Å²) < 4.78 is 0. The zero-order chi connectivity index (χ0) is 19.4. The van der Waals surface area contributed by atoms with Crippen molar-refractivity contribution in [3.05, 3.63) is 45.9 Å². The van der Waals surface area contributed by atoms with Gasteiger partial charge in [0.15, 0.2) is 0 Å². The molecule has 0 radical (unpaired) electrons. The van der Waals surface area contributed by atoms with Gasteiger partial charge in [-0.15, -0.1) is 0 Å². The fraction of sp³-hybridized carbons (Fsp3) is 0.500. The molecule has 2 heterocycles. The summed E-state index contributed by atoms with van der Waals surface area (Å²) in [6.07, 6.45) is 8.67. The number of aryl methyl sites for hydroxylation is 1. The molecule has 9 heteroatoms.